The molecule has 59 valence electrons. The van der Waals surface area contributed by atoms with Crippen molar-refractivity contribution in [1.29, 1.82) is 0 Å². The quantitative estimate of drug-likeness (QED) is 0.553. The predicted molar refractivity (Wildman–Crippen MR) is 41.6 cm³/mol. The Bertz CT molecular complexity index is 226. The summed E-state index contributed by atoms with van der Waals surface area (Å²) in [6.07, 6.45) is 1.56. The highest BCUT2D eigenvalue weighted by Gasteiger charge is 2.27. The van der Waals surface area contributed by atoms with Crippen molar-refractivity contribution in [3.05, 3.63) is 23.8 Å². The highest BCUT2D eigenvalue weighted by molar-refractivity contribution is 5.99. The van der Waals surface area contributed by atoms with E-state index in [9.17, 15) is 9.90 Å². The van der Waals surface area contributed by atoms with Gasteiger partial charge in [-0.2, -0.15) is 0 Å². The molecule has 1 aliphatic rings. The summed E-state index contributed by atoms with van der Waals surface area (Å²) in [5.74, 6) is 0.00222. The van der Waals surface area contributed by atoms with Gasteiger partial charge in [-0.1, -0.05) is 6.08 Å². The number of allylic oxidation sites excluding steroid dienone is 2. The minimum Gasteiger partial charge on any atom is -0.294 e. The van der Waals surface area contributed by atoms with Gasteiger partial charge in [0.15, 0.2) is 5.78 Å². The average Bonchev–Trinajstić information content (AvgIpc) is 2.17. The van der Waals surface area contributed by atoms with E-state index < -0.39 is 6.10 Å². The Kier molecular flexibility index (Phi) is 2.25. The standard InChI is InChI=1S/C9H11O2/c1-3-4-7-6(2)8(10)5-9(7)11/h3,8H,1,4-5H2,2H3. The maximum absolute atomic E-state index is 11.1. The molecule has 1 atom stereocenters. The Morgan fingerprint density at radius 3 is 2.73 bits per heavy atom. The van der Waals surface area contributed by atoms with E-state index in [4.69, 9.17) is 0 Å². The van der Waals surface area contributed by atoms with Crippen LogP contribution in [0.3, 0.4) is 0 Å². The Morgan fingerprint density at radius 2 is 2.36 bits per heavy atom. The van der Waals surface area contributed by atoms with Gasteiger partial charge in [-0.25, -0.2) is 5.11 Å². The third-order valence-electron chi connectivity index (χ3n) is 2.01. The van der Waals surface area contributed by atoms with Gasteiger partial charge in [0.25, 0.3) is 0 Å². The molecule has 0 aliphatic heterocycles. The first kappa shape index (κ1) is 8.21. The molecule has 1 unspecified atom stereocenters. The summed E-state index contributed by atoms with van der Waals surface area (Å²) in [6, 6.07) is 0. The van der Waals surface area contributed by atoms with E-state index in [1.54, 1.807) is 13.0 Å². The van der Waals surface area contributed by atoms with Gasteiger partial charge >= 0.3 is 0 Å². The first-order chi connectivity index (χ1) is 5.16. The molecule has 0 bridgehead atoms. The average molecular weight is 151 g/mol. The second kappa shape index (κ2) is 3.01. The van der Waals surface area contributed by atoms with E-state index in [2.05, 4.69) is 6.58 Å². The van der Waals surface area contributed by atoms with E-state index in [0.717, 1.165) is 0 Å². The van der Waals surface area contributed by atoms with Crippen LogP contribution in [0.5, 0.6) is 0 Å². The minimum absolute atomic E-state index is 0.00222. The van der Waals surface area contributed by atoms with Crippen LogP contribution in [0.2, 0.25) is 0 Å². The lowest BCUT2D eigenvalue weighted by molar-refractivity contribution is -0.116. The molecule has 0 amide bonds. The lowest BCUT2D eigenvalue weighted by atomic mass is 10.1. The van der Waals surface area contributed by atoms with Gasteiger partial charge < -0.3 is 0 Å². The Labute approximate surface area is 66.2 Å². The Morgan fingerprint density at radius 1 is 1.73 bits per heavy atom. The van der Waals surface area contributed by atoms with Gasteiger partial charge in [-0.05, 0) is 18.9 Å². The van der Waals surface area contributed by atoms with Crippen molar-refractivity contribution in [3.8, 4) is 0 Å². The summed E-state index contributed by atoms with van der Waals surface area (Å²) in [4.78, 5) is 11.1. The van der Waals surface area contributed by atoms with Gasteiger partial charge in [0, 0.05) is 12.0 Å². The number of rotatable bonds is 2. The summed E-state index contributed by atoms with van der Waals surface area (Å²) < 4.78 is 0. The zero-order valence-electron chi connectivity index (χ0n) is 6.59. The van der Waals surface area contributed by atoms with Crippen LogP contribution in [0.15, 0.2) is 23.8 Å². The van der Waals surface area contributed by atoms with E-state index in [-0.39, 0.29) is 12.2 Å². The van der Waals surface area contributed by atoms with E-state index in [0.29, 0.717) is 17.6 Å². The molecular weight excluding hydrogens is 140 g/mol. The zero-order chi connectivity index (χ0) is 8.43. The van der Waals surface area contributed by atoms with Gasteiger partial charge in [-0.15, -0.1) is 6.58 Å². The molecule has 0 saturated heterocycles. The van der Waals surface area contributed by atoms with Gasteiger partial charge in [0.2, 0.25) is 0 Å². The number of carbonyl (C=O) groups excluding carboxylic acids is 1. The van der Waals surface area contributed by atoms with Crippen LogP contribution in [-0.4, -0.2) is 11.9 Å². The number of hydrogen-bond donors (Lipinski definition) is 0. The molecule has 0 aromatic carbocycles. The van der Waals surface area contributed by atoms with Crippen LogP contribution in [0.25, 0.3) is 0 Å². The normalized spacial score (nSPS) is 24.5. The second-order valence-electron chi connectivity index (χ2n) is 2.77. The molecule has 0 heterocycles. The van der Waals surface area contributed by atoms with E-state index >= 15 is 0 Å². The topological polar surface area (TPSA) is 37.0 Å². The zero-order valence-corrected chi connectivity index (χ0v) is 6.59. The van der Waals surface area contributed by atoms with Crippen molar-refractivity contribution in [2.75, 3.05) is 0 Å². The van der Waals surface area contributed by atoms with E-state index in [1.165, 1.54) is 0 Å². The molecule has 0 saturated carbocycles. The van der Waals surface area contributed by atoms with Crippen LogP contribution in [0.4, 0.5) is 0 Å². The molecule has 1 aliphatic carbocycles. The van der Waals surface area contributed by atoms with E-state index in [1.807, 2.05) is 0 Å². The number of carbonyl (C=O) groups is 1. The summed E-state index contributed by atoms with van der Waals surface area (Å²) in [7, 11) is 0. The maximum atomic E-state index is 11.1. The smallest absolute Gasteiger partial charge is 0.162 e. The molecule has 0 spiro atoms. The largest absolute Gasteiger partial charge is 0.294 e. The third kappa shape index (κ3) is 1.40. The van der Waals surface area contributed by atoms with Crippen LogP contribution >= 0.6 is 0 Å². The van der Waals surface area contributed by atoms with Crippen LogP contribution in [0, 0.1) is 0 Å². The summed E-state index contributed by atoms with van der Waals surface area (Å²) in [6.45, 7) is 5.27. The monoisotopic (exact) mass is 151 g/mol. The van der Waals surface area contributed by atoms with Crippen molar-refractivity contribution in [2.45, 2.75) is 25.9 Å². The highest BCUT2D eigenvalue weighted by atomic mass is 16.3. The van der Waals surface area contributed by atoms with Crippen molar-refractivity contribution in [2.24, 2.45) is 0 Å². The SMILES string of the molecule is C=CCC1=C(C)C([O])CC1=O. The molecule has 1 rings (SSSR count). The third-order valence-corrected chi connectivity index (χ3v) is 2.01. The van der Waals surface area contributed by atoms with Gasteiger partial charge in [-0.3, -0.25) is 4.79 Å². The van der Waals surface area contributed by atoms with Crippen molar-refractivity contribution >= 4 is 5.78 Å². The fraction of sp³-hybridized carbons (Fsp3) is 0.444. The fourth-order valence-electron chi connectivity index (χ4n) is 1.28. The highest BCUT2D eigenvalue weighted by Crippen LogP contribution is 2.25. The fourth-order valence-corrected chi connectivity index (χ4v) is 1.28. The van der Waals surface area contributed by atoms with Crippen molar-refractivity contribution < 1.29 is 9.90 Å². The molecule has 0 aromatic heterocycles. The lowest BCUT2D eigenvalue weighted by Gasteiger charge is -1.97. The van der Waals surface area contributed by atoms with Crippen molar-refractivity contribution in [1.82, 2.24) is 0 Å². The number of hydrogen-bond acceptors (Lipinski definition) is 1. The maximum Gasteiger partial charge on any atom is 0.162 e. The predicted octanol–water partition coefficient (Wildman–Crippen LogP) is 1.65. The first-order valence-corrected chi connectivity index (χ1v) is 3.66. The molecule has 2 nitrogen and oxygen atoms in total. The van der Waals surface area contributed by atoms with Gasteiger partial charge in [0.1, 0.15) is 6.10 Å². The van der Waals surface area contributed by atoms with Crippen LogP contribution < -0.4 is 0 Å². The van der Waals surface area contributed by atoms with Crippen LogP contribution in [-0.2, 0) is 9.90 Å². The second-order valence-corrected chi connectivity index (χ2v) is 2.77. The molecule has 11 heavy (non-hydrogen) atoms. The number of Topliss-reactive ketones (excluding diaryl/α,β-unsaturated/α-hetero) is 1. The molecule has 2 heteroatoms. The lowest BCUT2D eigenvalue weighted by Crippen LogP contribution is -2.01. The molecule has 0 aromatic rings. The van der Waals surface area contributed by atoms with Gasteiger partial charge in [0.05, 0.1) is 0 Å². The Hall–Kier alpha value is -0.890. The summed E-state index contributed by atoms with van der Waals surface area (Å²) in [5.41, 5.74) is 1.38. The Balaban J connectivity index is 2.87. The first-order valence-electron chi connectivity index (χ1n) is 3.66. The summed E-state index contributed by atoms with van der Waals surface area (Å²) in [5, 5.41) is 11.0. The number of ketones is 1. The molecular formula is C9H11O2. The minimum atomic E-state index is -0.794. The molecule has 1 radical (unpaired) electrons. The van der Waals surface area contributed by atoms with Crippen LogP contribution in [0.1, 0.15) is 19.8 Å². The summed E-state index contributed by atoms with van der Waals surface area (Å²) >= 11 is 0. The molecule has 0 N–H and O–H groups in total. The molecule has 0 fully saturated rings. The van der Waals surface area contributed by atoms with Crippen molar-refractivity contribution in [3.63, 3.8) is 0 Å².